The van der Waals surface area contributed by atoms with Gasteiger partial charge in [0.1, 0.15) is 12.7 Å². The molecule has 0 spiro atoms. The van der Waals surface area contributed by atoms with Gasteiger partial charge in [0.05, 0.1) is 0 Å². The maximum Gasteiger partial charge on any atom is 0.330 e. The molecule has 0 aromatic rings. The van der Waals surface area contributed by atoms with Gasteiger partial charge in [-0.1, -0.05) is 13.3 Å². The van der Waals surface area contributed by atoms with E-state index >= 15 is 0 Å². The van der Waals surface area contributed by atoms with Gasteiger partial charge in [0.2, 0.25) is 0 Å². The Bertz CT molecular complexity index is 206. The number of ether oxygens (including phenoxy) is 1. The molecule has 0 amide bonds. The van der Waals surface area contributed by atoms with Crippen molar-refractivity contribution in [3.05, 3.63) is 0 Å². The summed E-state index contributed by atoms with van der Waals surface area (Å²) in [6.45, 7) is 1.50. The maximum absolute atomic E-state index is 12.4. The summed E-state index contributed by atoms with van der Waals surface area (Å²) in [6, 6.07) is 0. The Morgan fingerprint density at radius 1 is 1.40 bits per heavy atom. The Balaban J connectivity index is 4.15. The van der Waals surface area contributed by atoms with Crippen LogP contribution in [-0.2, 0) is 9.53 Å². The predicted octanol–water partition coefficient (Wildman–Crippen LogP) is 2.66. The SMILES string of the molecule is CCC[C@@H](OCC(F)(F)C(F)F)C(C)=O. The third-order valence-electron chi connectivity index (χ3n) is 1.80. The van der Waals surface area contributed by atoms with Gasteiger partial charge >= 0.3 is 12.3 Å². The van der Waals surface area contributed by atoms with Crippen LogP contribution in [0.5, 0.6) is 0 Å². The lowest BCUT2D eigenvalue weighted by Crippen LogP contribution is -2.36. The average molecular weight is 230 g/mol. The first-order valence-electron chi connectivity index (χ1n) is 4.59. The van der Waals surface area contributed by atoms with Crippen LogP contribution >= 0.6 is 0 Å². The highest BCUT2D eigenvalue weighted by molar-refractivity contribution is 5.80. The van der Waals surface area contributed by atoms with Gasteiger partial charge < -0.3 is 4.74 Å². The molecule has 0 N–H and O–H groups in total. The minimum atomic E-state index is -4.19. The smallest absolute Gasteiger partial charge is 0.330 e. The molecule has 2 nitrogen and oxygen atoms in total. The van der Waals surface area contributed by atoms with E-state index in [0.717, 1.165) is 0 Å². The number of rotatable bonds is 7. The first-order valence-corrected chi connectivity index (χ1v) is 4.59. The highest BCUT2D eigenvalue weighted by Gasteiger charge is 2.41. The number of carbonyl (C=O) groups is 1. The molecule has 0 heterocycles. The molecule has 15 heavy (non-hydrogen) atoms. The summed E-state index contributed by atoms with van der Waals surface area (Å²) in [5.74, 6) is -4.62. The molecule has 0 saturated carbocycles. The summed E-state index contributed by atoms with van der Waals surface area (Å²) in [5.41, 5.74) is 0. The largest absolute Gasteiger partial charge is 0.364 e. The number of hydrogen-bond acceptors (Lipinski definition) is 2. The minimum absolute atomic E-state index is 0.259. The number of alkyl halides is 4. The van der Waals surface area contributed by atoms with E-state index in [9.17, 15) is 22.4 Å². The molecule has 0 saturated heterocycles. The summed E-state index contributed by atoms with van der Waals surface area (Å²) < 4.78 is 52.8. The van der Waals surface area contributed by atoms with Crippen LogP contribution in [-0.4, -0.2) is 30.8 Å². The second kappa shape index (κ2) is 6.05. The normalized spacial score (nSPS) is 14.3. The molecule has 0 aliphatic carbocycles. The Morgan fingerprint density at radius 3 is 2.27 bits per heavy atom. The van der Waals surface area contributed by atoms with E-state index in [1.807, 2.05) is 0 Å². The van der Waals surface area contributed by atoms with Gasteiger partial charge in [0.25, 0.3) is 0 Å². The van der Waals surface area contributed by atoms with Gasteiger partial charge in [0.15, 0.2) is 5.78 Å². The highest BCUT2D eigenvalue weighted by Crippen LogP contribution is 2.23. The minimum Gasteiger partial charge on any atom is -0.364 e. The number of carbonyl (C=O) groups excluding carboxylic acids is 1. The number of ketones is 1. The monoisotopic (exact) mass is 230 g/mol. The zero-order valence-electron chi connectivity index (χ0n) is 8.60. The second-order valence-electron chi connectivity index (χ2n) is 3.26. The molecule has 0 radical (unpaired) electrons. The molecule has 0 bridgehead atoms. The van der Waals surface area contributed by atoms with E-state index in [-0.39, 0.29) is 6.42 Å². The molecule has 0 aliphatic heterocycles. The summed E-state index contributed by atoms with van der Waals surface area (Å²) in [6.07, 6.45) is -3.97. The van der Waals surface area contributed by atoms with Crippen LogP contribution in [0, 0.1) is 0 Å². The molecular weight excluding hydrogens is 216 g/mol. The topological polar surface area (TPSA) is 26.3 Å². The summed E-state index contributed by atoms with van der Waals surface area (Å²) in [7, 11) is 0. The molecule has 0 aliphatic rings. The van der Waals surface area contributed by atoms with Crippen LogP contribution in [0.2, 0.25) is 0 Å². The van der Waals surface area contributed by atoms with Crippen molar-refractivity contribution in [2.45, 2.75) is 45.1 Å². The average Bonchev–Trinajstić information content (AvgIpc) is 2.11. The van der Waals surface area contributed by atoms with Crippen LogP contribution < -0.4 is 0 Å². The summed E-state index contributed by atoms with van der Waals surface area (Å²) in [4.78, 5) is 10.9. The van der Waals surface area contributed by atoms with Crippen LogP contribution in [0.25, 0.3) is 0 Å². The quantitative estimate of drug-likeness (QED) is 0.628. The molecule has 0 fully saturated rings. The molecule has 6 heteroatoms. The first-order chi connectivity index (χ1) is 6.81. The zero-order valence-corrected chi connectivity index (χ0v) is 8.60. The molecule has 1 atom stereocenters. The van der Waals surface area contributed by atoms with Crippen molar-refractivity contribution in [2.24, 2.45) is 0 Å². The lowest BCUT2D eigenvalue weighted by atomic mass is 10.1. The number of hydrogen-bond donors (Lipinski definition) is 0. The van der Waals surface area contributed by atoms with E-state index in [4.69, 9.17) is 0 Å². The van der Waals surface area contributed by atoms with Crippen LogP contribution in [0.3, 0.4) is 0 Å². The first kappa shape index (κ1) is 14.3. The second-order valence-corrected chi connectivity index (χ2v) is 3.26. The number of halogens is 4. The third kappa shape index (κ3) is 5.11. The fraction of sp³-hybridized carbons (Fsp3) is 0.889. The van der Waals surface area contributed by atoms with E-state index in [1.54, 1.807) is 6.92 Å². The highest BCUT2D eigenvalue weighted by atomic mass is 19.3. The van der Waals surface area contributed by atoms with E-state index in [1.165, 1.54) is 6.92 Å². The van der Waals surface area contributed by atoms with Crippen molar-refractivity contribution in [1.29, 1.82) is 0 Å². The van der Waals surface area contributed by atoms with Crippen LogP contribution in [0.4, 0.5) is 17.6 Å². The summed E-state index contributed by atoms with van der Waals surface area (Å²) >= 11 is 0. The van der Waals surface area contributed by atoms with E-state index in [2.05, 4.69) is 4.74 Å². The van der Waals surface area contributed by atoms with Gasteiger partial charge in [0, 0.05) is 0 Å². The van der Waals surface area contributed by atoms with E-state index in [0.29, 0.717) is 6.42 Å². The van der Waals surface area contributed by atoms with Crippen molar-refractivity contribution in [3.8, 4) is 0 Å². The Labute approximate surface area is 85.6 Å². The lowest BCUT2D eigenvalue weighted by Gasteiger charge is -2.19. The van der Waals surface area contributed by atoms with Gasteiger partial charge in [-0.15, -0.1) is 0 Å². The molecule has 0 aromatic heterocycles. The molecular formula is C9H14F4O2. The number of Topliss-reactive ketones (excluding diaryl/α,β-unsaturated/α-hetero) is 1. The van der Waals surface area contributed by atoms with Gasteiger partial charge in [-0.2, -0.15) is 8.78 Å². The molecule has 90 valence electrons. The van der Waals surface area contributed by atoms with Crippen molar-refractivity contribution in [2.75, 3.05) is 6.61 Å². The molecule has 0 rings (SSSR count). The van der Waals surface area contributed by atoms with Gasteiger partial charge in [-0.25, -0.2) is 8.78 Å². The summed E-state index contributed by atoms with van der Waals surface area (Å²) in [5, 5.41) is 0. The molecule has 0 unspecified atom stereocenters. The van der Waals surface area contributed by atoms with Gasteiger partial charge in [-0.05, 0) is 13.3 Å². The van der Waals surface area contributed by atoms with Crippen molar-refractivity contribution in [1.82, 2.24) is 0 Å². The standard InChI is InChI=1S/C9H14F4O2/c1-3-4-7(6(2)14)15-5-9(12,13)8(10)11/h7-8H,3-5H2,1-2H3/t7-/m1/s1. The Hall–Kier alpha value is -0.650. The van der Waals surface area contributed by atoms with Crippen molar-refractivity contribution < 1.29 is 27.1 Å². The zero-order chi connectivity index (χ0) is 12.1. The van der Waals surface area contributed by atoms with Crippen molar-refractivity contribution >= 4 is 5.78 Å². The fourth-order valence-electron chi connectivity index (χ4n) is 0.941. The molecule has 0 aromatic carbocycles. The fourth-order valence-corrected chi connectivity index (χ4v) is 0.941. The predicted molar refractivity (Wildman–Crippen MR) is 46.3 cm³/mol. The van der Waals surface area contributed by atoms with Crippen LogP contribution in [0.1, 0.15) is 26.7 Å². The third-order valence-corrected chi connectivity index (χ3v) is 1.80. The van der Waals surface area contributed by atoms with Crippen LogP contribution in [0.15, 0.2) is 0 Å². The van der Waals surface area contributed by atoms with Crippen molar-refractivity contribution in [3.63, 3.8) is 0 Å². The van der Waals surface area contributed by atoms with E-state index < -0.39 is 30.8 Å². The lowest BCUT2D eigenvalue weighted by molar-refractivity contribution is -0.178. The maximum atomic E-state index is 12.4. The Morgan fingerprint density at radius 2 is 1.93 bits per heavy atom. The Kier molecular flexibility index (Phi) is 5.79. The van der Waals surface area contributed by atoms with Gasteiger partial charge in [-0.3, -0.25) is 4.79 Å².